The quantitative estimate of drug-likeness (QED) is 0.741. The second-order valence-electron chi connectivity index (χ2n) is 4.01. The maximum atomic E-state index is 5.20. The Labute approximate surface area is 117 Å². The summed E-state index contributed by atoms with van der Waals surface area (Å²) in [6.45, 7) is 2.25. The van der Waals surface area contributed by atoms with Crippen LogP contribution in [0.5, 0.6) is 0 Å². The van der Waals surface area contributed by atoms with Gasteiger partial charge < -0.3 is 4.52 Å². The minimum atomic E-state index is 0.421. The van der Waals surface area contributed by atoms with Gasteiger partial charge in [-0.05, 0) is 31.2 Å². The first kappa shape index (κ1) is 12.0. The van der Waals surface area contributed by atoms with Crippen molar-refractivity contribution in [3.8, 4) is 11.4 Å². The largest absolute Gasteiger partial charge is 0.337 e. The average molecular weight is 320 g/mol. The highest BCUT2D eigenvalue weighted by Gasteiger charge is 2.09. The van der Waals surface area contributed by atoms with Crippen LogP contribution in [-0.4, -0.2) is 24.9 Å². The molecule has 1 aromatic carbocycles. The van der Waals surface area contributed by atoms with Gasteiger partial charge in [-0.3, -0.25) is 0 Å². The van der Waals surface area contributed by atoms with E-state index in [2.05, 4.69) is 36.2 Å². The predicted octanol–water partition coefficient (Wildman–Crippen LogP) is 2.45. The molecule has 0 aliphatic carbocycles. The molecule has 3 rings (SSSR count). The van der Waals surface area contributed by atoms with Crippen LogP contribution in [0, 0.1) is 6.92 Å². The third-order valence-corrected chi connectivity index (χ3v) is 3.05. The normalized spacial score (nSPS) is 10.8. The molecule has 0 N–H and O–H groups in total. The van der Waals surface area contributed by atoms with Crippen molar-refractivity contribution in [3.63, 3.8) is 0 Å². The zero-order valence-electron chi connectivity index (χ0n) is 10.1. The van der Waals surface area contributed by atoms with Gasteiger partial charge >= 0.3 is 0 Å². The van der Waals surface area contributed by atoms with E-state index in [0.717, 1.165) is 10.0 Å². The maximum Gasteiger partial charge on any atom is 0.248 e. The van der Waals surface area contributed by atoms with Crippen molar-refractivity contribution >= 4 is 15.9 Å². The van der Waals surface area contributed by atoms with Gasteiger partial charge in [0, 0.05) is 10.0 Å². The van der Waals surface area contributed by atoms with Crippen LogP contribution in [-0.2, 0) is 6.54 Å². The standard InChI is InChI=1S/C12H10BrN5O/c1-8-14-7-18(16-8)6-11-15-12(17-19-11)9-2-4-10(13)5-3-9/h2-5,7H,6H2,1H3. The van der Waals surface area contributed by atoms with E-state index in [0.29, 0.717) is 24.1 Å². The van der Waals surface area contributed by atoms with Gasteiger partial charge in [-0.2, -0.15) is 10.1 Å². The van der Waals surface area contributed by atoms with Gasteiger partial charge in [-0.1, -0.05) is 21.1 Å². The summed E-state index contributed by atoms with van der Waals surface area (Å²) in [6.07, 6.45) is 1.64. The van der Waals surface area contributed by atoms with E-state index in [1.807, 2.05) is 31.2 Å². The van der Waals surface area contributed by atoms with Crippen molar-refractivity contribution in [1.82, 2.24) is 24.9 Å². The zero-order chi connectivity index (χ0) is 13.2. The highest BCUT2D eigenvalue weighted by Crippen LogP contribution is 2.19. The summed E-state index contributed by atoms with van der Waals surface area (Å²) in [4.78, 5) is 8.38. The van der Waals surface area contributed by atoms with Crippen molar-refractivity contribution in [3.05, 3.63) is 46.8 Å². The molecule has 0 saturated heterocycles. The number of aryl methyl sites for hydroxylation is 1. The fraction of sp³-hybridized carbons (Fsp3) is 0.167. The lowest BCUT2D eigenvalue weighted by molar-refractivity contribution is 0.366. The molecule has 0 atom stereocenters. The van der Waals surface area contributed by atoms with Crippen molar-refractivity contribution in [2.75, 3.05) is 0 Å². The number of nitrogens with zero attached hydrogens (tertiary/aromatic N) is 5. The van der Waals surface area contributed by atoms with Gasteiger partial charge in [0.15, 0.2) is 0 Å². The van der Waals surface area contributed by atoms with Crippen molar-refractivity contribution in [2.45, 2.75) is 13.5 Å². The molecule has 0 fully saturated rings. The highest BCUT2D eigenvalue weighted by atomic mass is 79.9. The lowest BCUT2D eigenvalue weighted by Crippen LogP contribution is -2.00. The van der Waals surface area contributed by atoms with Crippen LogP contribution in [0.3, 0.4) is 0 Å². The first-order valence-electron chi connectivity index (χ1n) is 5.65. The van der Waals surface area contributed by atoms with Crippen LogP contribution in [0.25, 0.3) is 11.4 Å². The first-order chi connectivity index (χ1) is 9.20. The summed E-state index contributed by atoms with van der Waals surface area (Å²) in [5, 5.41) is 8.13. The molecule has 2 aromatic heterocycles. The second kappa shape index (κ2) is 4.93. The molecule has 19 heavy (non-hydrogen) atoms. The first-order valence-corrected chi connectivity index (χ1v) is 6.44. The third kappa shape index (κ3) is 2.70. The lowest BCUT2D eigenvalue weighted by atomic mass is 10.2. The van der Waals surface area contributed by atoms with E-state index >= 15 is 0 Å². The van der Waals surface area contributed by atoms with Gasteiger partial charge in [0.2, 0.25) is 11.7 Å². The molecule has 2 heterocycles. The molecule has 6 nitrogen and oxygen atoms in total. The molecule has 0 unspecified atom stereocenters. The Morgan fingerprint density at radius 3 is 2.74 bits per heavy atom. The molecule has 7 heteroatoms. The molecule has 0 spiro atoms. The number of halogens is 1. The van der Waals surface area contributed by atoms with Crippen LogP contribution in [0.1, 0.15) is 11.7 Å². The fourth-order valence-electron chi connectivity index (χ4n) is 1.64. The van der Waals surface area contributed by atoms with E-state index < -0.39 is 0 Å². The number of benzene rings is 1. The maximum absolute atomic E-state index is 5.20. The topological polar surface area (TPSA) is 69.6 Å². The van der Waals surface area contributed by atoms with E-state index in [9.17, 15) is 0 Å². The minimum Gasteiger partial charge on any atom is -0.337 e. The molecule has 0 amide bonds. The Hall–Kier alpha value is -2.02. The summed E-state index contributed by atoms with van der Waals surface area (Å²) in [5.41, 5.74) is 0.910. The van der Waals surface area contributed by atoms with Crippen LogP contribution in [0.2, 0.25) is 0 Å². The zero-order valence-corrected chi connectivity index (χ0v) is 11.7. The summed E-state index contributed by atoms with van der Waals surface area (Å²) < 4.78 is 7.87. The number of aromatic nitrogens is 5. The summed E-state index contributed by atoms with van der Waals surface area (Å²) in [5.74, 6) is 1.79. The van der Waals surface area contributed by atoms with Gasteiger partial charge in [0.25, 0.3) is 0 Å². The molecule has 0 bridgehead atoms. The molecule has 96 valence electrons. The monoisotopic (exact) mass is 319 g/mol. The van der Waals surface area contributed by atoms with Crippen molar-refractivity contribution in [1.29, 1.82) is 0 Å². The summed E-state index contributed by atoms with van der Waals surface area (Å²) in [6, 6.07) is 7.73. The minimum absolute atomic E-state index is 0.421. The fourth-order valence-corrected chi connectivity index (χ4v) is 1.90. The van der Waals surface area contributed by atoms with Crippen LogP contribution >= 0.6 is 15.9 Å². The Kier molecular flexibility index (Phi) is 3.12. The number of rotatable bonds is 3. The Balaban J connectivity index is 1.81. The van der Waals surface area contributed by atoms with Crippen LogP contribution in [0.15, 0.2) is 39.6 Å². The van der Waals surface area contributed by atoms with Gasteiger partial charge in [0.05, 0.1) is 0 Å². The van der Waals surface area contributed by atoms with E-state index in [4.69, 9.17) is 4.52 Å². The Morgan fingerprint density at radius 1 is 1.26 bits per heavy atom. The van der Waals surface area contributed by atoms with Crippen molar-refractivity contribution < 1.29 is 4.52 Å². The molecule has 0 radical (unpaired) electrons. The Bertz CT molecular complexity index is 688. The van der Waals surface area contributed by atoms with Crippen LogP contribution in [0.4, 0.5) is 0 Å². The lowest BCUT2D eigenvalue weighted by Gasteiger charge is -1.94. The highest BCUT2D eigenvalue weighted by molar-refractivity contribution is 9.10. The second-order valence-corrected chi connectivity index (χ2v) is 4.92. The molecule has 3 aromatic rings. The van der Waals surface area contributed by atoms with Gasteiger partial charge in [-0.15, -0.1) is 0 Å². The summed E-state index contributed by atoms with van der Waals surface area (Å²) in [7, 11) is 0. The van der Waals surface area contributed by atoms with Crippen molar-refractivity contribution in [2.24, 2.45) is 0 Å². The van der Waals surface area contributed by atoms with Crippen LogP contribution < -0.4 is 0 Å². The smallest absolute Gasteiger partial charge is 0.248 e. The molecule has 0 aliphatic rings. The summed E-state index contributed by atoms with van der Waals surface area (Å²) >= 11 is 3.39. The Morgan fingerprint density at radius 2 is 2.05 bits per heavy atom. The van der Waals surface area contributed by atoms with Gasteiger partial charge in [-0.25, -0.2) is 9.67 Å². The molecule has 0 saturated carbocycles. The average Bonchev–Trinajstić information content (AvgIpc) is 3.00. The number of hydrogen-bond donors (Lipinski definition) is 0. The predicted molar refractivity (Wildman–Crippen MR) is 71.3 cm³/mol. The molecule has 0 aliphatic heterocycles. The van der Waals surface area contributed by atoms with E-state index in [1.54, 1.807) is 11.0 Å². The van der Waals surface area contributed by atoms with Gasteiger partial charge in [0.1, 0.15) is 18.7 Å². The third-order valence-electron chi connectivity index (χ3n) is 2.52. The van der Waals surface area contributed by atoms with E-state index in [1.165, 1.54) is 0 Å². The SMILES string of the molecule is Cc1ncn(Cc2nc(-c3ccc(Br)cc3)no2)n1. The molecular weight excluding hydrogens is 310 g/mol. The van der Waals surface area contributed by atoms with E-state index in [-0.39, 0.29) is 0 Å². The number of hydrogen-bond acceptors (Lipinski definition) is 5. The molecular formula is C12H10BrN5O.